The average molecular weight is 512 g/mol. The topological polar surface area (TPSA) is 46.9 Å². The molecule has 5 rings (SSSR count). The molecule has 7 heteroatoms. The molecule has 2 heterocycles. The molecule has 2 aromatic carbocycles. The Balaban J connectivity index is 1.82. The Morgan fingerprint density at radius 2 is 1.74 bits per heavy atom. The Morgan fingerprint density at radius 1 is 1.06 bits per heavy atom. The van der Waals surface area contributed by atoms with Crippen molar-refractivity contribution in [1.82, 2.24) is 9.78 Å². The van der Waals surface area contributed by atoms with Crippen molar-refractivity contribution in [2.45, 2.75) is 58.8 Å². The number of nitrogens with zero attached hydrogens (tertiary/aromatic N) is 2. The Hall–Kier alpha value is -2.63. The van der Waals surface area contributed by atoms with Gasteiger partial charge < -0.3 is 5.32 Å². The van der Waals surface area contributed by atoms with E-state index in [4.69, 9.17) is 28.3 Å². The van der Waals surface area contributed by atoms with Crippen molar-refractivity contribution in [3.05, 3.63) is 86.4 Å². The van der Waals surface area contributed by atoms with Crippen LogP contribution in [0.25, 0.3) is 5.69 Å². The van der Waals surface area contributed by atoms with E-state index in [9.17, 15) is 9.18 Å². The monoisotopic (exact) mass is 511 g/mol. The minimum Gasteiger partial charge on any atom is -0.343 e. The van der Waals surface area contributed by atoms with Crippen LogP contribution in [0.5, 0.6) is 0 Å². The molecule has 0 saturated carbocycles. The van der Waals surface area contributed by atoms with Crippen LogP contribution in [0.15, 0.2) is 53.7 Å². The summed E-state index contributed by atoms with van der Waals surface area (Å²) in [6.45, 7) is 10.5. The Bertz CT molecular complexity index is 1380. The molecule has 1 aliphatic heterocycles. The van der Waals surface area contributed by atoms with Gasteiger partial charge in [-0.3, -0.25) is 4.79 Å². The third-order valence-electron chi connectivity index (χ3n) is 6.75. The predicted molar refractivity (Wildman–Crippen MR) is 139 cm³/mol. The summed E-state index contributed by atoms with van der Waals surface area (Å²) in [6.07, 6.45) is 1.19. The van der Waals surface area contributed by atoms with E-state index in [-0.39, 0.29) is 28.3 Å². The van der Waals surface area contributed by atoms with Gasteiger partial charge in [0.25, 0.3) is 0 Å². The molecule has 1 aromatic heterocycles. The molecule has 0 fully saturated rings. The molecule has 4 nitrogen and oxygen atoms in total. The maximum absolute atomic E-state index is 13.9. The minimum absolute atomic E-state index is 0.117. The van der Waals surface area contributed by atoms with Crippen LogP contribution in [0, 0.1) is 11.2 Å². The lowest BCUT2D eigenvalue weighted by atomic mass is 9.68. The van der Waals surface area contributed by atoms with E-state index < -0.39 is 0 Å². The van der Waals surface area contributed by atoms with E-state index in [0.717, 1.165) is 46.0 Å². The first-order valence-corrected chi connectivity index (χ1v) is 12.5. The quantitative estimate of drug-likeness (QED) is 0.381. The lowest BCUT2D eigenvalue weighted by molar-refractivity contribution is -0.118. The van der Waals surface area contributed by atoms with Crippen LogP contribution in [0.3, 0.4) is 0 Å². The van der Waals surface area contributed by atoms with Gasteiger partial charge in [0.15, 0.2) is 5.78 Å². The normalized spacial score (nSPS) is 19.3. The number of fused-ring (bicyclic) bond motifs is 1. The number of halogens is 3. The number of carbonyl (C=O) groups is 1. The molecular formula is C28H28Cl2FN3O. The van der Waals surface area contributed by atoms with Crippen LogP contribution in [-0.2, 0) is 10.2 Å². The number of carbonyl (C=O) groups excluding carboxylic acids is 1. The van der Waals surface area contributed by atoms with Gasteiger partial charge in [-0.25, -0.2) is 9.07 Å². The molecule has 3 aromatic rings. The summed E-state index contributed by atoms with van der Waals surface area (Å²) in [5, 5.41) is 9.56. The van der Waals surface area contributed by atoms with Gasteiger partial charge in [0.05, 0.1) is 21.4 Å². The molecule has 1 aliphatic carbocycles. The van der Waals surface area contributed by atoms with Crippen LogP contribution in [0.2, 0.25) is 10.0 Å². The molecule has 1 N–H and O–H groups in total. The zero-order chi connectivity index (χ0) is 25.3. The van der Waals surface area contributed by atoms with Crippen molar-refractivity contribution in [2.75, 3.05) is 5.32 Å². The number of anilines is 1. The van der Waals surface area contributed by atoms with E-state index >= 15 is 0 Å². The van der Waals surface area contributed by atoms with Gasteiger partial charge in [-0.2, -0.15) is 5.10 Å². The number of benzene rings is 2. The Morgan fingerprint density at radius 3 is 2.37 bits per heavy atom. The Labute approximate surface area is 215 Å². The number of ketones is 1. The third kappa shape index (κ3) is 4.19. The lowest BCUT2D eigenvalue weighted by Crippen LogP contribution is -2.34. The van der Waals surface area contributed by atoms with Crippen LogP contribution >= 0.6 is 23.2 Å². The summed E-state index contributed by atoms with van der Waals surface area (Å²) in [5.74, 6) is 0.254. The van der Waals surface area contributed by atoms with Crippen molar-refractivity contribution >= 4 is 34.8 Å². The first-order valence-electron chi connectivity index (χ1n) is 11.7. The molecule has 0 spiro atoms. The molecule has 1 atom stereocenters. The van der Waals surface area contributed by atoms with Gasteiger partial charge in [-0.05, 0) is 47.7 Å². The van der Waals surface area contributed by atoms with E-state index in [1.165, 1.54) is 12.1 Å². The summed E-state index contributed by atoms with van der Waals surface area (Å²) in [4.78, 5) is 13.6. The summed E-state index contributed by atoms with van der Waals surface area (Å²) >= 11 is 12.6. The number of hydrogen-bond donors (Lipinski definition) is 1. The fourth-order valence-corrected chi connectivity index (χ4v) is 5.53. The number of allylic oxidation sites excluding steroid dienone is 2. The molecule has 35 heavy (non-hydrogen) atoms. The smallest absolute Gasteiger partial charge is 0.162 e. The fourth-order valence-electron chi connectivity index (χ4n) is 5.24. The first-order chi connectivity index (χ1) is 16.4. The van der Waals surface area contributed by atoms with Gasteiger partial charge in [-0.1, -0.05) is 70.0 Å². The number of hydrogen-bond acceptors (Lipinski definition) is 3. The van der Waals surface area contributed by atoms with E-state index in [1.54, 1.807) is 24.3 Å². The second kappa shape index (κ2) is 8.21. The summed E-state index contributed by atoms with van der Waals surface area (Å²) in [6, 6.07) is 11.9. The largest absolute Gasteiger partial charge is 0.343 e. The average Bonchev–Trinajstić information content (AvgIpc) is 3.14. The molecule has 1 unspecified atom stereocenters. The molecule has 0 radical (unpaired) electrons. The van der Waals surface area contributed by atoms with E-state index in [1.807, 2.05) is 10.7 Å². The highest BCUT2D eigenvalue weighted by Crippen LogP contribution is 2.52. The SMILES string of the molecule is CC1(C)CC(=O)C2=C(C1)Nc1c(c(C(C)(C)C)nn1-c1ccc(Cl)c(Cl)c1)C2c1ccc(F)cc1. The van der Waals surface area contributed by atoms with Gasteiger partial charge in [0.1, 0.15) is 11.6 Å². The molecule has 0 amide bonds. The zero-order valence-electron chi connectivity index (χ0n) is 20.5. The molecular weight excluding hydrogens is 484 g/mol. The second-order valence-electron chi connectivity index (χ2n) is 11.3. The van der Waals surface area contributed by atoms with Crippen molar-refractivity contribution in [3.8, 4) is 5.69 Å². The minimum atomic E-state index is -0.351. The van der Waals surface area contributed by atoms with Crippen LogP contribution in [0.4, 0.5) is 10.2 Å². The predicted octanol–water partition coefficient (Wildman–Crippen LogP) is 7.82. The van der Waals surface area contributed by atoms with Crippen molar-refractivity contribution < 1.29 is 9.18 Å². The van der Waals surface area contributed by atoms with Gasteiger partial charge in [-0.15, -0.1) is 0 Å². The highest BCUT2D eigenvalue weighted by molar-refractivity contribution is 6.42. The van der Waals surface area contributed by atoms with Gasteiger partial charge in [0.2, 0.25) is 0 Å². The molecule has 182 valence electrons. The standard InChI is InChI=1S/C28H28Cl2FN3O/c1-27(2,3)25-24-22(15-6-8-16(31)9-7-15)23-20(13-28(4,5)14-21(23)35)32-26(24)34(33-25)17-10-11-18(29)19(30)12-17/h6-12,22,32H,13-14H2,1-5H3. The Kier molecular flexibility index (Phi) is 5.65. The highest BCUT2D eigenvalue weighted by atomic mass is 35.5. The maximum Gasteiger partial charge on any atom is 0.162 e. The fraction of sp³-hybridized carbons (Fsp3) is 0.357. The third-order valence-corrected chi connectivity index (χ3v) is 7.49. The van der Waals surface area contributed by atoms with E-state index in [0.29, 0.717) is 16.5 Å². The number of aromatic nitrogens is 2. The zero-order valence-corrected chi connectivity index (χ0v) is 22.0. The number of Topliss-reactive ketones (excluding diaryl/α,β-unsaturated/α-hetero) is 1. The first kappa shape index (κ1) is 24.1. The number of rotatable bonds is 2. The van der Waals surface area contributed by atoms with Gasteiger partial charge in [0, 0.05) is 34.6 Å². The molecule has 0 bridgehead atoms. The molecule has 2 aliphatic rings. The van der Waals surface area contributed by atoms with Crippen molar-refractivity contribution in [1.29, 1.82) is 0 Å². The van der Waals surface area contributed by atoms with Gasteiger partial charge >= 0.3 is 0 Å². The van der Waals surface area contributed by atoms with Crippen LogP contribution in [-0.4, -0.2) is 15.6 Å². The lowest BCUT2D eigenvalue weighted by Gasteiger charge is -2.39. The highest BCUT2D eigenvalue weighted by Gasteiger charge is 2.44. The maximum atomic E-state index is 13.9. The number of nitrogens with one attached hydrogen (secondary N) is 1. The van der Waals surface area contributed by atoms with Crippen LogP contribution < -0.4 is 5.32 Å². The van der Waals surface area contributed by atoms with E-state index in [2.05, 4.69) is 39.9 Å². The summed E-state index contributed by atoms with van der Waals surface area (Å²) in [7, 11) is 0. The van der Waals surface area contributed by atoms with Crippen molar-refractivity contribution in [2.24, 2.45) is 5.41 Å². The van der Waals surface area contributed by atoms with Crippen molar-refractivity contribution in [3.63, 3.8) is 0 Å². The summed E-state index contributed by atoms with van der Waals surface area (Å²) in [5.41, 5.74) is 4.59. The molecule has 0 saturated heterocycles. The second-order valence-corrected chi connectivity index (χ2v) is 12.1. The van der Waals surface area contributed by atoms with Crippen LogP contribution in [0.1, 0.15) is 70.2 Å². The summed E-state index contributed by atoms with van der Waals surface area (Å²) < 4.78 is 15.7.